The molecular weight excluding hydrogens is 326 g/mol. The van der Waals surface area contributed by atoms with E-state index in [4.69, 9.17) is 0 Å². The first-order valence-electron chi connectivity index (χ1n) is 8.47. The standard InChI is InChI=1S/C22H21NO3/c1-4-7-15-8-5-9-16(12-14(2)3)20(15)23-21(25)18-11-6-10-17(13-24)19(18)22(23)26/h4-6,8-11,24H,1-2,7,12-13H2,3H3. The number of carbonyl (C=O) groups is 2. The van der Waals surface area contributed by atoms with Gasteiger partial charge in [-0.3, -0.25) is 9.59 Å². The maximum absolute atomic E-state index is 13.1. The van der Waals surface area contributed by atoms with Crippen molar-refractivity contribution in [3.63, 3.8) is 0 Å². The highest BCUT2D eigenvalue weighted by Gasteiger charge is 2.39. The van der Waals surface area contributed by atoms with Crippen LogP contribution in [0.3, 0.4) is 0 Å². The predicted molar refractivity (Wildman–Crippen MR) is 102 cm³/mol. The number of nitrogens with zero attached hydrogens (tertiary/aromatic N) is 1. The monoisotopic (exact) mass is 347 g/mol. The Hall–Kier alpha value is -2.98. The van der Waals surface area contributed by atoms with Crippen LogP contribution in [0.15, 0.2) is 61.2 Å². The second-order valence-electron chi connectivity index (χ2n) is 6.50. The van der Waals surface area contributed by atoms with E-state index in [2.05, 4.69) is 13.2 Å². The quantitative estimate of drug-likeness (QED) is 0.638. The second-order valence-corrected chi connectivity index (χ2v) is 6.50. The largest absolute Gasteiger partial charge is 0.392 e. The summed E-state index contributed by atoms with van der Waals surface area (Å²) in [6.07, 6.45) is 2.86. The van der Waals surface area contributed by atoms with Crippen molar-refractivity contribution in [3.05, 3.63) is 89.0 Å². The van der Waals surface area contributed by atoms with Gasteiger partial charge in [0.15, 0.2) is 0 Å². The third kappa shape index (κ3) is 2.89. The summed E-state index contributed by atoms with van der Waals surface area (Å²) in [5.41, 5.74) is 4.35. The van der Waals surface area contributed by atoms with E-state index in [9.17, 15) is 14.7 Å². The molecule has 4 nitrogen and oxygen atoms in total. The number of hydrogen-bond donors (Lipinski definition) is 1. The lowest BCUT2D eigenvalue weighted by atomic mass is 9.98. The Morgan fingerprint density at radius 3 is 2.38 bits per heavy atom. The molecular formula is C22H21NO3. The Kier molecular flexibility index (Phi) is 4.87. The topological polar surface area (TPSA) is 57.6 Å². The molecule has 0 radical (unpaired) electrons. The zero-order valence-corrected chi connectivity index (χ0v) is 14.8. The molecule has 2 aromatic carbocycles. The number of carbonyl (C=O) groups excluding carboxylic acids is 2. The van der Waals surface area contributed by atoms with Crippen LogP contribution in [0.1, 0.15) is 44.3 Å². The van der Waals surface area contributed by atoms with Crippen LogP contribution in [0.4, 0.5) is 5.69 Å². The van der Waals surface area contributed by atoms with Gasteiger partial charge in [0.1, 0.15) is 0 Å². The summed E-state index contributed by atoms with van der Waals surface area (Å²) in [5.74, 6) is -0.756. The number of fused-ring (bicyclic) bond motifs is 1. The van der Waals surface area contributed by atoms with Crippen LogP contribution < -0.4 is 4.90 Å². The first-order valence-corrected chi connectivity index (χ1v) is 8.47. The molecule has 0 spiro atoms. The van der Waals surface area contributed by atoms with Crippen LogP contribution in [0.2, 0.25) is 0 Å². The molecule has 0 aromatic heterocycles. The highest BCUT2D eigenvalue weighted by atomic mass is 16.3. The third-order valence-electron chi connectivity index (χ3n) is 4.45. The van der Waals surface area contributed by atoms with Gasteiger partial charge in [0.2, 0.25) is 0 Å². The van der Waals surface area contributed by atoms with E-state index >= 15 is 0 Å². The van der Waals surface area contributed by atoms with E-state index in [1.54, 1.807) is 24.3 Å². The minimum atomic E-state index is -0.394. The molecule has 1 aliphatic heterocycles. The Labute approximate surface area is 153 Å². The lowest BCUT2D eigenvalue weighted by molar-refractivity contribution is 0.0924. The minimum absolute atomic E-state index is 0.287. The molecule has 0 saturated heterocycles. The molecule has 1 N–H and O–H groups in total. The van der Waals surface area contributed by atoms with Gasteiger partial charge in [-0.05, 0) is 42.5 Å². The molecule has 132 valence electrons. The van der Waals surface area contributed by atoms with Gasteiger partial charge in [-0.2, -0.15) is 0 Å². The van der Waals surface area contributed by atoms with Crippen molar-refractivity contribution in [1.29, 1.82) is 0 Å². The molecule has 0 fully saturated rings. The molecule has 2 amide bonds. The number of allylic oxidation sites excluding steroid dienone is 2. The first kappa shape index (κ1) is 17.8. The van der Waals surface area contributed by atoms with Crippen LogP contribution in [0, 0.1) is 0 Å². The number of aliphatic hydroxyl groups is 1. The molecule has 0 atom stereocenters. The van der Waals surface area contributed by atoms with Crippen molar-refractivity contribution in [3.8, 4) is 0 Å². The molecule has 0 aliphatic carbocycles. The number of imide groups is 1. The molecule has 0 bridgehead atoms. The minimum Gasteiger partial charge on any atom is -0.392 e. The van der Waals surface area contributed by atoms with Crippen molar-refractivity contribution in [1.82, 2.24) is 0 Å². The molecule has 0 saturated carbocycles. The van der Waals surface area contributed by atoms with E-state index in [0.29, 0.717) is 29.7 Å². The third-order valence-corrected chi connectivity index (χ3v) is 4.45. The summed E-state index contributed by atoms with van der Waals surface area (Å²) in [5, 5.41) is 9.57. The summed E-state index contributed by atoms with van der Waals surface area (Å²) < 4.78 is 0. The van der Waals surface area contributed by atoms with Gasteiger partial charge in [-0.25, -0.2) is 4.90 Å². The Morgan fingerprint density at radius 2 is 1.73 bits per heavy atom. The number of hydrogen-bond acceptors (Lipinski definition) is 3. The van der Waals surface area contributed by atoms with Gasteiger partial charge < -0.3 is 5.11 Å². The van der Waals surface area contributed by atoms with Crippen LogP contribution in [0.5, 0.6) is 0 Å². The van der Waals surface area contributed by atoms with Crippen LogP contribution in [-0.4, -0.2) is 16.9 Å². The highest BCUT2D eigenvalue weighted by Crippen LogP contribution is 2.36. The number of para-hydroxylation sites is 1. The number of anilines is 1. The van der Waals surface area contributed by atoms with Crippen molar-refractivity contribution in [2.24, 2.45) is 0 Å². The molecule has 3 rings (SSSR count). The summed E-state index contributed by atoms with van der Waals surface area (Å²) in [6.45, 7) is 9.36. The lowest BCUT2D eigenvalue weighted by Gasteiger charge is -2.22. The normalized spacial score (nSPS) is 13.1. The fourth-order valence-corrected chi connectivity index (χ4v) is 3.41. The van der Waals surface area contributed by atoms with E-state index in [1.807, 2.05) is 25.1 Å². The van der Waals surface area contributed by atoms with Gasteiger partial charge >= 0.3 is 0 Å². The summed E-state index contributed by atoms with van der Waals surface area (Å²) in [7, 11) is 0. The first-order chi connectivity index (χ1) is 12.5. The molecule has 0 unspecified atom stereocenters. The van der Waals surface area contributed by atoms with Crippen molar-refractivity contribution in [2.75, 3.05) is 4.90 Å². The molecule has 2 aromatic rings. The van der Waals surface area contributed by atoms with E-state index in [0.717, 1.165) is 16.7 Å². The summed E-state index contributed by atoms with van der Waals surface area (Å²) in [6, 6.07) is 10.7. The zero-order chi connectivity index (χ0) is 18.8. The molecule has 1 heterocycles. The van der Waals surface area contributed by atoms with Crippen LogP contribution >= 0.6 is 0 Å². The highest BCUT2D eigenvalue weighted by molar-refractivity contribution is 6.35. The summed E-state index contributed by atoms with van der Waals surface area (Å²) >= 11 is 0. The number of amides is 2. The number of benzene rings is 2. The van der Waals surface area contributed by atoms with Crippen molar-refractivity contribution >= 4 is 17.5 Å². The van der Waals surface area contributed by atoms with Crippen LogP contribution in [-0.2, 0) is 19.4 Å². The smallest absolute Gasteiger partial charge is 0.266 e. The lowest BCUT2D eigenvalue weighted by Crippen LogP contribution is -2.31. The fraction of sp³-hybridized carbons (Fsp3) is 0.182. The Balaban J connectivity index is 2.21. The molecule has 26 heavy (non-hydrogen) atoms. The van der Waals surface area contributed by atoms with Gasteiger partial charge in [-0.1, -0.05) is 48.6 Å². The maximum Gasteiger partial charge on any atom is 0.266 e. The zero-order valence-electron chi connectivity index (χ0n) is 14.8. The Bertz CT molecular complexity index is 927. The maximum atomic E-state index is 13.1. The van der Waals surface area contributed by atoms with Gasteiger partial charge in [-0.15, -0.1) is 6.58 Å². The predicted octanol–water partition coefficient (Wildman–Crippen LogP) is 3.83. The van der Waals surface area contributed by atoms with Gasteiger partial charge in [0, 0.05) is 0 Å². The van der Waals surface area contributed by atoms with Crippen molar-refractivity contribution in [2.45, 2.75) is 26.4 Å². The number of rotatable bonds is 6. The van der Waals surface area contributed by atoms with Crippen LogP contribution in [0.25, 0.3) is 0 Å². The number of aliphatic hydroxyl groups excluding tert-OH is 1. The second kappa shape index (κ2) is 7.10. The van der Waals surface area contributed by atoms with E-state index < -0.39 is 5.91 Å². The summed E-state index contributed by atoms with van der Waals surface area (Å²) in [4.78, 5) is 27.4. The Morgan fingerprint density at radius 1 is 1.08 bits per heavy atom. The van der Waals surface area contributed by atoms with Gasteiger partial charge in [0.25, 0.3) is 11.8 Å². The average molecular weight is 347 g/mol. The van der Waals surface area contributed by atoms with E-state index in [-0.39, 0.29) is 18.1 Å². The SMILES string of the molecule is C=CCc1cccc(CC(=C)C)c1N1C(=O)c2cccc(CO)c2C1=O. The van der Waals surface area contributed by atoms with Crippen molar-refractivity contribution < 1.29 is 14.7 Å². The fourth-order valence-electron chi connectivity index (χ4n) is 3.41. The van der Waals surface area contributed by atoms with Gasteiger partial charge in [0.05, 0.1) is 23.4 Å². The average Bonchev–Trinajstić information content (AvgIpc) is 2.86. The molecule has 1 aliphatic rings. The van der Waals surface area contributed by atoms with E-state index in [1.165, 1.54) is 4.90 Å². The molecule has 4 heteroatoms.